The number of aromatic nitrogens is 2. The number of halogens is 1. The van der Waals surface area contributed by atoms with Crippen LogP contribution in [0.1, 0.15) is 26.4 Å². The van der Waals surface area contributed by atoms with Crippen LogP contribution in [-0.2, 0) is 4.74 Å². The number of nitrogens with zero attached hydrogens (tertiary/aromatic N) is 2. The molecule has 28 heavy (non-hydrogen) atoms. The summed E-state index contributed by atoms with van der Waals surface area (Å²) in [6.45, 7) is 2.00. The number of rotatable bonds is 5. The van der Waals surface area contributed by atoms with Gasteiger partial charge < -0.3 is 15.4 Å². The van der Waals surface area contributed by atoms with Crippen LogP contribution in [0.25, 0.3) is 0 Å². The normalized spacial score (nSPS) is 10.2. The average Bonchev–Trinajstić information content (AvgIpc) is 2.71. The third kappa shape index (κ3) is 4.63. The lowest BCUT2D eigenvalue weighted by atomic mass is 10.2. The molecule has 0 spiro atoms. The molecule has 0 aliphatic rings. The van der Waals surface area contributed by atoms with Crippen LogP contribution in [0, 0.1) is 6.92 Å². The first-order valence-corrected chi connectivity index (χ1v) is 8.69. The molecule has 7 nitrogen and oxygen atoms in total. The molecule has 0 radical (unpaired) electrons. The summed E-state index contributed by atoms with van der Waals surface area (Å²) in [6, 6.07) is 13.7. The minimum Gasteiger partial charge on any atom is -0.465 e. The number of aryl methyl sites for hydroxylation is 1. The van der Waals surface area contributed by atoms with Crippen molar-refractivity contribution in [1.82, 2.24) is 9.97 Å². The molecule has 1 aromatic heterocycles. The van der Waals surface area contributed by atoms with Gasteiger partial charge in [0.05, 0.1) is 23.4 Å². The summed E-state index contributed by atoms with van der Waals surface area (Å²) in [5, 5.41) is 6.05. The van der Waals surface area contributed by atoms with Crippen molar-refractivity contribution in [3.05, 3.63) is 76.7 Å². The molecule has 1 heterocycles. The lowest BCUT2D eigenvalue weighted by Crippen LogP contribution is -2.15. The molecular formula is C20H17ClN4O3. The zero-order chi connectivity index (χ0) is 20.1. The Morgan fingerprint density at radius 1 is 1.04 bits per heavy atom. The van der Waals surface area contributed by atoms with E-state index in [9.17, 15) is 9.59 Å². The van der Waals surface area contributed by atoms with E-state index in [-0.39, 0.29) is 22.0 Å². The van der Waals surface area contributed by atoms with Gasteiger partial charge in [0.1, 0.15) is 17.8 Å². The van der Waals surface area contributed by atoms with Crippen LogP contribution in [0.5, 0.6) is 0 Å². The van der Waals surface area contributed by atoms with Crippen molar-refractivity contribution in [3.63, 3.8) is 0 Å². The van der Waals surface area contributed by atoms with Crippen LogP contribution >= 0.6 is 11.6 Å². The molecule has 0 unspecified atom stereocenters. The van der Waals surface area contributed by atoms with E-state index in [0.717, 1.165) is 11.3 Å². The molecule has 0 saturated carbocycles. The van der Waals surface area contributed by atoms with Gasteiger partial charge in [-0.05, 0) is 37.3 Å². The first-order valence-electron chi connectivity index (χ1n) is 8.31. The van der Waals surface area contributed by atoms with E-state index in [1.54, 1.807) is 0 Å². The molecule has 0 saturated heterocycles. The molecule has 0 aliphatic heterocycles. The molecule has 2 aromatic carbocycles. The molecule has 0 bridgehead atoms. The second-order valence-electron chi connectivity index (χ2n) is 5.92. The van der Waals surface area contributed by atoms with E-state index >= 15 is 0 Å². The van der Waals surface area contributed by atoms with E-state index in [1.807, 2.05) is 31.2 Å². The topological polar surface area (TPSA) is 93.2 Å². The second kappa shape index (κ2) is 8.49. The fraction of sp³-hybridized carbons (Fsp3) is 0.100. The van der Waals surface area contributed by atoms with Crippen molar-refractivity contribution in [2.45, 2.75) is 6.92 Å². The molecule has 142 valence electrons. The zero-order valence-electron chi connectivity index (χ0n) is 15.2. The first kappa shape index (κ1) is 19.3. The molecule has 3 aromatic rings. The van der Waals surface area contributed by atoms with E-state index in [0.29, 0.717) is 5.82 Å². The number of hydrogen-bond acceptors (Lipinski definition) is 6. The van der Waals surface area contributed by atoms with E-state index in [4.69, 9.17) is 11.6 Å². The summed E-state index contributed by atoms with van der Waals surface area (Å²) < 4.78 is 4.68. The van der Waals surface area contributed by atoms with Gasteiger partial charge in [0.2, 0.25) is 0 Å². The van der Waals surface area contributed by atoms with Crippen molar-refractivity contribution in [3.8, 4) is 0 Å². The number of amides is 1. The summed E-state index contributed by atoms with van der Waals surface area (Å²) in [5.74, 6) is -0.546. The van der Waals surface area contributed by atoms with Crippen LogP contribution in [-0.4, -0.2) is 29.0 Å². The van der Waals surface area contributed by atoms with E-state index in [2.05, 4.69) is 25.3 Å². The predicted octanol–water partition coefficient (Wildman–Crippen LogP) is 4.22. The van der Waals surface area contributed by atoms with E-state index < -0.39 is 11.9 Å². The fourth-order valence-corrected chi connectivity index (χ4v) is 2.55. The molecule has 0 fully saturated rings. The summed E-state index contributed by atoms with van der Waals surface area (Å²) >= 11 is 6.12. The van der Waals surface area contributed by atoms with Crippen LogP contribution in [0.3, 0.4) is 0 Å². The molecular weight excluding hydrogens is 380 g/mol. The van der Waals surface area contributed by atoms with Crippen molar-refractivity contribution < 1.29 is 14.3 Å². The highest BCUT2D eigenvalue weighted by Crippen LogP contribution is 2.24. The van der Waals surface area contributed by atoms with Crippen LogP contribution in [0.4, 0.5) is 17.2 Å². The highest BCUT2D eigenvalue weighted by atomic mass is 35.5. The Balaban J connectivity index is 1.78. The summed E-state index contributed by atoms with van der Waals surface area (Å²) in [5.41, 5.74) is 2.67. The first-order chi connectivity index (χ1) is 13.5. The Morgan fingerprint density at radius 3 is 2.50 bits per heavy atom. The highest BCUT2D eigenvalue weighted by molar-refractivity contribution is 6.34. The largest absolute Gasteiger partial charge is 0.465 e. The van der Waals surface area contributed by atoms with Gasteiger partial charge >= 0.3 is 5.97 Å². The molecule has 1 amide bonds. The summed E-state index contributed by atoms with van der Waals surface area (Å²) in [7, 11) is 1.28. The number of benzene rings is 2. The van der Waals surface area contributed by atoms with Gasteiger partial charge in [-0.3, -0.25) is 4.79 Å². The number of carbonyl (C=O) groups is 2. The number of methoxy groups -OCH3 is 1. The standard InChI is InChI=1S/C20H17ClN4O3/c1-12-3-6-14(7-4-12)24-18-10-17(22-11-23-18)19(26)25-16-9-13(20(27)28-2)5-8-15(16)21/h3-11H,1-2H3,(H,25,26)(H,22,23,24). The lowest BCUT2D eigenvalue weighted by molar-refractivity contribution is 0.0600. The molecule has 8 heteroatoms. The van der Waals surface area contributed by atoms with Crippen LogP contribution < -0.4 is 10.6 Å². The number of hydrogen-bond donors (Lipinski definition) is 2. The Morgan fingerprint density at radius 2 is 1.79 bits per heavy atom. The Kier molecular flexibility index (Phi) is 5.86. The predicted molar refractivity (Wildman–Crippen MR) is 107 cm³/mol. The Bertz CT molecular complexity index is 1020. The second-order valence-corrected chi connectivity index (χ2v) is 6.33. The van der Waals surface area contributed by atoms with Gasteiger partial charge in [-0.15, -0.1) is 0 Å². The van der Waals surface area contributed by atoms with Gasteiger partial charge in [0.25, 0.3) is 5.91 Å². The van der Waals surface area contributed by atoms with Crippen molar-refractivity contribution in [1.29, 1.82) is 0 Å². The number of nitrogens with one attached hydrogen (secondary N) is 2. The number of carbonyl (C=O) groups excluding carboxylic acids is 2. The van der Waals surface area contributed by atoms with Gasteiger partial charge in [-0.25, -0.2) is 14.8 Å². The minimum atomic E-state index is -0.529. The lowest BCUT2D eigenvalue weighted by Gasteiger charge is -2.10. The van der Waals surface area contributed by atoms with Gasteiger partial charge in [0.15, 0.2) is 0 Å². The summed E-state index contributed by atoms with van der Waals surface area (Å²) in [6.07, 6.45) is 1.29. The minimum absolute atomic E-state index is 0.143. The summed E-state index contributed by atoms with van der Waals surface area (Å²) in [4.78, 5) is 32.3. The third-order valence-corrected chi connectivity index (χ3v) is 4.19. The van der Waals surface area contributed by atoms with Crippen molar-refractivity contribution in [2.24, 2.45) is 0 Å². The quantitative estimate of drug-likeness (QED) is 0.627. The van der Waals surface area contributed by atoms with Gasteiger partial charge in [-0.1, -0.05) is 29.3 Å². The smallest absolute Gasteiger partial charge is 0.337 e. The van der Waals surface area contributed by atoms with Crippen LogP contribution in [0.2, 0.25) is 5.02 Å². The average molecular weight is 397 g/mol. The Labute approximate surface area is 166 Å². The molecule has 0 aliphatic carbocycles. The maximum atomic E-state index is 12.6. The molecule has 0 atom stereocenters. The fourth-order valence-electron chi connectivity index (χ4n) is 2.39. The third-order valence-electron chi connectivity index (χ3n) is 3.86. The van der Waals surface area contributed by atoms with E-state index in [1.165, 1.54) is 37.7 Å². The zero-order valence-corrected chi connectivity index (χ0v) is 15.9. The number of esters is 1. The van der Waals surface area contributed by atoms with Gasteiger partial charge in [-0.2, -0.15) is 0 Å². The number of anilines is 3. The number of ether oxygens (including phenoxy) is 1. The van der Waals surface area contributed by atoms with Crippen molar-refractivity contribution >= 4 is 40.7 Å². The molecule has 2 N–H and O–H groups in total. The highest BCUT2D eigenvalue weighted by Gasteiger charge is 2.14. The van der Waals surface area contributed by atoms with Crippen molar-refractivity contribution in [2.75, 3.05) is 17.7 Å². The SMILES string of the molecule is COC(=O)c1ccc(Cl)c(NC(=O)c2cc(Nc3ccc(C)cc3)ncn2)c1. The molecule has 3 rings (SSSR count). The maximum Gasteiger partial charge on any atom is 0.337 e. The monoisotopic (exact) mass is 396 g/mol. The Hall–Kier alpha value is -3.45. The van der Waals surface area contributed by atoms with Crippen LogP contribution in [0.15, 0.2) is 54.9 Å². The maximum absolute atomic E-state index is 12.6. The van der Waals surface area contributed by atoms with Gasteiger partial charge in [0, 0.05) is 11.8 Å².